The molecule has 0 aliphatic carbocycles. The van der Waals surface area contributed by atoms with Gasteiger partial charge >= 0.3 is 0 Å². The third-order valence-electron chi connectivity index (χ3n) is 2.27. The normalized spacial score (nSPS) is 34.8. The lowest BCUT2D eigenvalue weighted by molar-refractivity contribution is 0.509. The van der Waals surface area contributed by atoms with Gasteiger partial charge in [0.25, 0.3) is 0 Å². The van der Waals surface area contributed by atoms with Crippen LogP contribution in [0.15, 0.2) is 0 Å². The zero-order valence-electron chi connectivity index (χ0n) is 7.02. The summed E-state index contributed by atoms with van der Waals surface area (Å²) >= 11 is 4.26. The first-order chi connectivity index (χ1) is 4.65. The van der Waals surface area contributed by atoms with Crippen molar-refractivity contribution in [2.45, 2.75) is 25.5 Å². The fourth-order valence-corrected chi connectivity index (χ4v) is 4.05. The van der Waals surface area contributed by atoms with Crippen molar-refractivity contribution in [2.24, 2.45) is 5.92 Å². The summed E-state index contributed by atoms with van der Waals surface area (Å²) in [6, 6.07) is 0. The standard InChI is InChI=1S/C8H16S2/c1-7(2)8(3)6-9-4-5-10-8/h7H,4-6H2,1-3H3. The monoisotopic (exact) mass is 176 g/mol. The van der Waals surface area contributed by atoms with Crippen LogP contribution in [-0.4, -0.2) is 22.0 Å². The fourth-order valence-electron chi connectivity index (χ4n) is 0.984. The zero-order chi connectivity index (χ0) is 7.61. The second-order valence-corrected chi connectivity index (χ2v) is 6.10. The van der Waals surface area contributed by atoms with Crippen molar-refractivity contribution < 1.29 is 0 Å². The molecular formula is C8H16S2. The molecule has 1 fully saturated rings. The summed E-state index contributed by atoms with van der Waals surface area (Å²) in [6.45, 7) is 7.06. The van der Waals surface area contributed by atoms with E-state index < -0.39 is 0 Å². The van der Waals surface area contributed by atoms with Gasteiger partial charge in [0.05, 0.1) is 0 Å². The Morgan fingerprint density at radius 1 is 1.30 bits per heavy atom. The van der Waals surface area contributed by atoms with Gasteiger partial charge in [0.1, 0.15) is 0 Å². The van der Waals surface area contributed by atoms with Gasteiger partial charge in [-0.3, -0.25) is 0 Å². The molecule has 0 bridgehead atoms. The summed E-state index contributed by atoms with van der Waals surface area (Å²) in [5, 5.41) is 0. The van der Waals surface area contributed by atoms with E-state index >= 15 is 0 Å². The van der Waals surface area contributed by atoms with Crippen molar-refractivity contribution in [3.8, 4) is 0 Å². The molecule has 1 heterocycles. The Labute approximate surface area is 72.5 Å². The van der Waals surface area contributed by atoms with Crippen molar-refractivity contribution in [1.82, 2.24) is 0 Å². The van der Waals surface area contributed by atoms with Gasteiger partial charge in [-0.05, 0) is 12.8 Å². The number of rotatable bonds is 1. The minimum atomic E-state index is 0.558. The van der Waals surface area contributed by atoms with Crippen LogP contribution in [0.5, 0.6) is 0 Å². The van der Waals surface area contributed by atoms with Crippen LogP contribution in [0.1, 0.15) is 20.8 Å². The molecule has 0 saturated carbocycles. The largest absolute Gasteiger partial charge is 0.160 e. The molecular weight excluding hydrogens is 160 g/mol. The Kier molecular flexibility index (Phi) is 2.99. The first kappa shape index (κ1) is 8.79. The van der Waals surface area contributed by atoms with E-state index in [1.807, 2.05) is 0 Å². The number of hydrogen-bond acceptors (Lipinski definition) is 2. The summed E-state index contributed by atoms with van der Waals surface area (Å²) < 4.78 is 0.558. The van der Waals surface area contributed by atoms with E-state index in [0.717, 1.165) is 5.92 Å². The summed E-state index contributed by atoms with van der Waals surface area (Å²) in [5.41, 5.74) is 0. The lowest BCUT2D eigenvalue weighted by atomic mass is 9.99. The molecule has 0 aromatic rings. The minimum absolute atomic E-state index is 0.558. The summed E-state index contributed by atoms with van der Waals surface area (Å²) in [4.78, 5) is 0. The molecule has 1 atom stereocenters. The maximum absolute atomic E-state index is 2.40. The molecule has 1 unspecified atom stereocenters. The van der Waals surface area contributed by atoms with Gasteiger partial charge in [-0.2, -0.15) is 23.5 Å². The van der Waals surface area contributed by atoms with Gasteiger partial charge in [0.2, 0.25) is 0 Å². The predicted molar refractivity (Wildman–Crippen MR) is 53.0 cm³/mol. The van der Waals surface area contributed by atoms with Crippen LogP contribution in [0.25, 0.3) is 0 Å². The third-order valence-corrected chi connectivity index (χ3v) is 5.69. The van der Waals surface area contributed by atoms with E-state index in [2.05, 4.69) is 44.3 Å². The highest BCUT2D eigenvalue weighted by molar-refractivity contribution is 8.07. The van der Waals surface area contributed by atoms with Gasteiger partial charge < -0.3 is 0 Å². The molecule has 0 radical (unpaired) electrons. The van der Waals surface area contributed by atoms with Crippen LogP contribution in [0.4, 0.5) is 0 Å². The van der Waals surface area contributed by atoms with Crippen LogP contribution >= 0.6 is 23.5 Å². The van der Waals surface area contributed by atoms with E-state index in [1.54, 1.807) is 0 Å². The Balaban J connectivity index is 2.48. The van der Waals surface area contributed by atoms with Crippen LogP contribution in [0.3, 0.4) is 0 Å². The first-order valence-electron chi connectivity index (χ1n) is 3.87. The first-order valence-corrected chi connectivity index (χ1v) is 6.01. The number of hydrogen-bond donors (Lipinski definition) is 0. The van der Waals surface area contributed by atoms with Crippen molar-refractivity contribution in [1.29, 1.82) is 0 Å². The Morgan fingerprint density at radius 2 is 2.00 bits per heavy atom. The van der Waals surface area contributed by atoms with E-state index in [0.29, 0.717) is 4.75 Å². The molecule has 2 heteroatoms. The highest BCUT2D eigenvalue weighted by Gasteiger charge is 2.30. The fraction of sp³-hybridized carbons (Fsp3) is 1.00. The van der Waals surface area contributed by atoms with E-state index in [4.69, 9.17) is 0 Å². The SMILES string of the molecule is CC(C)C1(C)CSCCS1. The summed E-state index contributed by atoms with van der Waals surface area (Å²) in [5.74, 6) is 4.87. The molecule has 1 aliphatic heterocycles. The average Bonchev–Trinajstić information content (AvgIpc) is 1.89. The van der Waals surface area contributed by atoms with E-state index in [1.165, 1.54) is 17.3 Å². The van der Waals surface area contributed by atoms with Gasteiger partial charge in [0.15, 0.2) is 0 Å². The Hall–Kier alpha value is 0.700. The van der Waals surface area contributed by atoms with E-state index in [9.17, 15) is 0 Å². The Bertz CT molecular complexity index is 104. The lowest BCUT2D eigenvalue weighted by Gasteiger charge is -2.36. The van der Waals surface area contributed by atoms with Crippen molar-refractivity contribution in [3.63, 3.8) is 0 Å². The quantitative estimate of drug-likeness (QED) is 0.602. The van der Waals surface area contributed by atoms with Gasteiger partial charge in [0, 0.05) is 22.0 Å². The molecule has 1 aliphatic rings. The molecule has 0 spiro atoms. The molecule has 60 valence electrons. The van der Waals surface area contributed by atoms with Gasteiger partial charge in [-0.1, -0.05) is 13.8 Å². The summed E-state index contributed by atoms with van der Waals surface area (Å²) in [6.07, 6.45) is 0. The summed E-state index contributed by atoms with van der Waals surface area (Å²) in [7, 11) is 0. The predicted octanol–water partition coefficient (Wildman–Crippen LogP) is 2.88. The molecule has 1 saturated heterocycles. The van der Waals surface area contributed by atoms with Crippen LogP contribution in [-0.2, 0) is 0 Å². The molecule has 0 amide bonds. The minimum Gasteiger partial charge on any atom is -0.160 e. The molecule has 1 rings (SSSR count). The smallest absolute Gasteiger partial charge is 0.0245 e. The van der Waals surface area contributed by atoms with Gasteiger partial charge in [-0.15, -0.1) is 0 Å². The van der Waals surface area contributed by atoms with Gasteiger partial charge in [-0.25, -0.2) is 0 Å². The molecule has 0 N–H and O–H groups in total. The van der Waals surface area contributed by atoms with Crippen LogP contribution in [0, 0.1) is 5.92 Å². The highest BCUT2D eigenvalue weighted by atomic mass is 32.2. The lowest BCUT2D eigenvalue weighted by Crippen LogP contribution is -2.33. The van der Waals surface area contributed by atoms with Crippen LogP contribution < -0.4 is 0 Å². The third kappa shape index (κ3) is 1.85. The maximum Gasteiger partial charge on any atom is 0.0245 e. The molecule has 0 aromatic heterocycles. The van der Waals surface area contributed by atoms with Crippen molar-refractivity contribution in [3.05, 3.63) is 0 Å². The topological polar surface area (TPSA) is 0 Å². The van der Waals surface area contributed by atoms with Crippen LogP contribution in [0.2, 0.25) is 0 Å². The maximum atomic E-state index is 2.40. The highest BCUT2D eigenvalue weighted by Crippen LogP contribution is 2.39. The Morgan fingerprint density at radius 3 is 2.30 bits per heavy atom. The van der Waals surface area contributed by atoms with Crippen molar-refractivity contribution in [2.75, 3.05) is 17.3 Å². The molecule has 0 aromatic carbocycles. The second-order valence-electron chi connectivity index (χ2n) is 3.37. The van der Waals surface area contributed by atoms with Crippen molar-refractivity contribution >= 4 is 23.5 Å². The second kappa shape index (κ2) is 3.40. The zero-order valence-corrected chi connectivity index (χ0v) is 8.65. The van der Waals surface area contributed by atoms with E-state index in [-0.39, 0.29) is 0 Å². The average molecular weight is 176 g/mol. The molecule has 10 heavy (non-hydrogen) atoms. The number of thioether (sulfide) groups is 2. The molecule has 0 nitrogen and oxygen atoms in total.